The van der Waals surface area contributed by atoms with Gasteiger partial charge in [-0.25, -0.2) is 0 Å². The van der Waals surface area contributed by atoms with E-state index in [9.17, 15) is 0 Å². The lowest BCUT2D eigenvalue weighted by atomic mass is 10.2. The largest absolute Gasteiger partial charge is 0.495 e. The molecule has 1 fully saturated rings. The van der Waals surface area contributed by atoms with Crippen molar-refractivity contribution in [2.24, 2.45) is 0 Å². The van der Waals surface area contributed by atoms with E-state index in [-0.39, 0.29) is 0 Å². The first-order valence-electron chi connectivity index (χ1n) is 8.75. The number of methoxy groups -OCH3 is 1. The first-order valence-corrected chi connectivity index (χ1v) is 9.90. The molecule has 0 saturated carbocycles. The van der Waals surface area contributed by atoms with Gasteiger partial charge in [-0.05, 0) is 60.8 Å². The minimum absolute atomic E-state index is 0.772. The van der Waals surface area contributed by atoms with Crippen molar-refractivity contribution in [3.05, 3.63) is 53.2 Å². The van der Waals surface area contributed by atoms with Crippen molar-refractivity contribution in [1.82, 2.24) is 9.29 Å². The second kappa shape index (κ2) is 7.43. The Kier molecular flexibility index (Phi) is 5.02. The van der Waals surface area contributed by atoms with Crippen LogP contribution in [0.5, 0.6) is 5.75 Å². The molecule has 0 unspecified atom stereocenters. The van der Waals surface area contributed by atoms with Gasteiger partial charge in [0.1, 0.15) is 5.75 Å². The lowest BCUT2D eigenvalue weighted by Gasteiger charge is -2.30. The monoisotopic (exact) mass is 387 g/mol. The average Bonchev–Trinajstić information content (AvgIpc) is 2.97. The molecule has 3 aromatic rings. The fourth-order valence-electron chi connectivity index (χ4n) is 3.40. The Morgan fingerprint density at radius 2 is 1.92 bits per heavy atom. The molecule has 1 aliphatic rings. The van der Waals surface area contributed by atoms with Crippen LogP contribution < -0.4 is 15.0 Å². The number of anilines is 1. The number of aromatic nitrogens is 1. The van der Waals surface area contributed by atoms with E-state index in [2.05, 4.69) is 51.6 Å². The van der Waals surface area contributed by atoms with Crippen LogP contribution >= 0.6 is 23.5 Å². The van der Waals surface area contributed by atoms with Gasteiger partial charge in [-0.1, -0.05) is 11.6 Å². The molecule has 0 spiro atoms. The van der Waals surface area contributed by atoms with Crippen LogP contribution in [0.25, 0.3) is 10.9 Å². The summed E-state index contributed by atoms with van der Waals surface area (Å²) >= 11 is 7.88. The van der Waals surface area contributed by atoms with Crippen LogP contribution in [0.4, 0.5) is 5.69 Å². The number of benzene rings is 2. The molecule has 0 radical (unpaired) electrons. The molecule has 6 heteroatoms. The molecule has 2 aromatic carbocycles. The highest BCUT2D eigenvalue weighted by Gasteiger charge is 2.16. The van der Waals surface area contributed by atoms with Crippen LogP contribution in [0, 0.1) is 6.92 Å². The summed E-state index contributed by atoms with van der Waals surface area (Å²) in [6.45, 7) is 6.12. The van der Waals surface area contributed by atoms with Crippen LogP contribution in [-0.2, 0) is 0 Å². The third-order valence-corrected chi connectivity index (χ3v) is 5.94. The van der Waals surface area contributed by atoms with Gasteiger partial charge in [0, 0.05) is 47.7 Å². The summed E-state index contributed by atoms with van der Waals surface area (Å²) < 4.78 is 7.81. The zero-order valence-corrected chi connectivity index (χ0v) is 16.5. The SMILES string of the molecule is COc1ccc(Sn2cc(C)c3cc(Cl)ccc32)cc1N1CCNCC1. The lowest BCUT2D eigenvalue weighted by molar-refractivity contribution is 0.412. The zero-order valence-electron chi connectivity index (χ0n) is 15.0. The summed E-state index contributed by atoms with van der Waals surface area (Å²) in [7, 11) is 1.74. The molecular weight excluding hydrogens is 366 g/mol. The first-order chi connectivity index (χ1) is 12.7. The van der Waals surface area contributed by atoms with Crippen LogP contribution in [0.3, 0.4) is 0 Å². The molecule has 2 heterocycles. The van der Waals surface area contributed by atoms with E-state index in [1.54, 1.807) is 19.1 Å². The smallest absolute Gasteiger partial charge is 0.142 e. The minimum Gasteiger partial charge on any atom is -0.495 e. The molecular formula is C20H22ClN3OS. The summed E-state index contributed by atoms with van der Waals surface area (Å²) in [4.78, 5) is 3.57. The fourth-order valence-corrected chi connectivity index (χ4v) is 4.56. The first kappa shape index (κ1) is 17.6. The molecule has 136 valence electrons. The maximum atomic E-state index is 6.16. The second-order valence-corrected chi connectivity index (χ2v) is 7.95. The highest BCUT2D eigenvalue weighted by atomic mass is 35.5. The predicted octanol–water partition coefficient (Wildman–Crippen LogP) is 4.58. The number of halogens is 1. The van der Waals surface area contributed by atoms with Gasteiger partial charge in [0.15, 0.2) is 0 Å². The number of aryl methyl sites for hydroxylation is 1. The van der Waals surface area contributed by atoms with Gasteiger partial charge in [-0.15, -0.1) is 0 Å². The Morgan fingerprint density at radius 3 is 2.69 bits per heavy atom. The van der Waals surface area contributed by atoms with Gasteiger partial charge in [0.2, 0.25) is 0 Å². The standard InChI is InChI=1S/C20H22ClN3OS/c1-14-13-24(18-5-3-15(21)11-17(14)18)26-16-4-6-20(25-2)19(12-16)23-9-7-22-8-10-23/h3-6,11-13,22H,7-10H2,1-2H3. The van der Waals surface area contributed by atoms with Gasteiger partial charge in [0.05, 0.1) is 18.3 Å². The molecule has 4 nitrogen and oxygen atoms in total. The number of piperazine rings is 1. The summed E-state index contributed by atoms with van der Waals surface area (Å²) in [5, 5.41) is 5.37. The van der Waals surface area contributed by atoms with Crippen LogP contribution in [-0.4, -0.2) is 37.3 Å². The highest BCUT2D eigenvalue weighted by molar-refractivity contribution is 7.98. The molecule has 1 aromatic heterocycles. The third kappa shape index (κ3) is 3.39. The molecule has 4 rings (SSSR count). The van der Waals surface area contributed by atoms with E-state index in [4.69, 9.17) is 16.3 Å². The molecule has 0 aliphatic carbocycles. The molecule has 0 amide bonds. The lowest BCUT2D eigenvalue weighted by Crippen LogP contribution is -2.43. The van der Waals surface area contributed by atoms with Crippen molar-refractivity contribution in [3.8, 4) is 5.75 Å². The summed E-state index contributed by atoms with van der Waals surface area (Å²) in [5.74, 6) is 0.927. The number of hydrogen-bond acceptors (Lipinski definition) is 4. The van der Waals surface area contributed by atoms with E-state index in [0.29, 0.717) is 0 Å². The van der Waals surface area contributed by atoms with E-state index in [0.717, 1.165) is 42.6 Å². The van der Waals surface area contributed by atoms with E-state index < -0.39 is 0 Å². The highest BCUT2D eigenvalue weighted by Crippen LogP contribution is 2.36. The Labute approximate surface area is 163 Å². The van der Waals surface area contributed by atoms with Crippen LogP contribution in [0.2, 0.25) is 5.02 Å². The van der Waals surface area contributed by atoms with Crippen molar-refractivity contribution in [2.45, 2.75) is 11.8 Å². The van der Waals surface area contributed by atoms with Gasteiger partial charge in [-0.3, -0.25) is 3.97 Å². The Hall–Kier alpha value is -1.82. The third-order valence-electron chi connectivity index (χ3n) is 4.74. The topological polar surface area (TPSA) is 29.4 Å². The molecule has 0 atom stereocenters. The number of rotatable bonds is 4. The zero-order chi connectivity index (χ0) is 18.1. The Morgan fingerprint density at radius 1 is 1.12 bits per heavy atom. The normalized spacial score (nSPS) is 14.8. The number of hydrogen-bond donors (Lipinski definition) is 1. The molecule has 1 N–H and O–H groups in total. The quantitative estimate of drug-likeness (QED) is 0.709. The second-order valence-electron chi connectivity index (χ2n) is 6.46. The fraction of sp³-hybridized carbons (Fsp3) is 0.300. The van der Waals surface area contributed by atoms with Crippen LogP contribution in [0.15, 0.2) is 47.5 Å². The molecule has 26 heavy (non-hydrogen) atoms. The minimum atomic E-state index is 0.772. The van der Waals surface area contributed by atoms with Gasteiger partial charge in [0.25, 0.3) is 0 Å². The molecule has 1 saturated heterocycles. The van der Waals surface area contributed by atoms with Crippen molar-refractivity contribution in [3.63, 3.8) is 0 Å². The molecule has 1 aliphatic heterocycles. The van der Waals surface area contributed by atoms with E-state index in [1.807, 2.05) is 12.1 Å². The average molecular weight is 388 g/mol. The summed E-state index contributed by atoms with van der Waals surface area (Å²) in [6, 6.07) is 12.5. The van der Waals surface area contributed by atoms with Gasteiger partial charge < -0.3 is 15.0 Å². The predicted molar refractivity (Wildman–Crippen MR) is 111 cm³/mol. The van der Waals surface area contributed by atoms with Crippen LogP contribution in [0.1, 0.15) is 5.56 Å². The summed E-state index contributed by atoms with van der Waals surface area (Å²) in [6.07, 6.45) is 2.17. The van der Waals surface area contributed by atoms with Crippen molar-refractivity contribution in [2.75, 3.05) is 38.2 Å². The van der Waals surface area contributed by atoms with E-state index >= 15 is 0 Å². The Bertz CT molecular complexity index is 934. The summed E-state index contributed by atoms with van der Waals surface area (Å²) in [5.41, 5.74) is 3.57. The Balaban J connectivity index is 1.68. The van der Waals surface area contributed by atoms with E-state index in [1.165, 1.54) is 21.4 Å². The molecule has 0 bridgehead atoms. The van der Waals surface area contributed by atoms with Gasteiger partial charge in [-0.2, -0.15) is 0 Å². The van der Waals surface area contributed by atoms with Gasteiger partial charge >= 0.3 is 0 Å². The number of nitrogens with zero attached hydrogens (tertiary/aromatic N) is 2. The number of fused-ring (bicyclic) bond motifs is 1. The maximum absolute atomic E-state index is 6.16. The van der Waals surface area contributed by atoms with Crippen molar-refractivity contribution >= 4 is 40.1 Å². The number of nitrogens with one attached hydrogen (secondary N) is 1. The van der Waals surface area contributed by atoms with Crippen molar-refractivity contribution < 1.29 is 4.74 Å². The maximum Gasteiger partial charge on any atom is 0.142 e. The van der Waals surface area contributed by atoms with Crippen molar-refractivity contribution in [1.29, 1.82) is 0 Å². The number of ether oxygens (including phenoxy) is 1.